The third-order valence-corrected chi connectivity index (χ3v) is 7.24. The van der Waals surface area contributed by atoms with Gasteiger partial charge in [-0.2, -0.15) is 0 Å². The number of benzene rings is 1. The molecule has 1 saturated carbocycles. The fourth-order valence-corrected chi connectivity index (χ4v) is 6.31. The zero-order valence-corrected chi connectivity index (χ0v) is 17.5. The molecule has 6 heteroatoms. The quantitative estimate of drug-likeness (QED) is 0.601. The number of methoxy groups -OCH3 is 2. The van der Waals surface area contributed by atoms with Crippen molar-refractivity contribution in [1.82, 2.24) is 0 Å². The van der Waals surface area contributed by atoms with Crippen LogP contribution in [0.1, 0.15) is 75.7 Å². The van der Waals surface area contributed by atoms with Crippen LogP contribution in [0.2, 0.25) is 0 Å². The molecule has 2 fully saturated rings. The van der Waals surface area contributed by atoms with Gasteiger partial charge in [-0.25, -0.2) is 0 Å². The minimum atomic E-state index is -0.985. The fourth-order valence-electron chi connectivity index (χ4n) is 6.31. The summed E-state index contributed by atoms with van der Waals surface area (Å²) in [4.78, 5) is 13.3. The van der Waals surface area contributed by atoms with Crippen molar-refractivity contribution in [3.8, 4) is 17.2 Å². The van der Waals surface area contributed by atoms with Crippen molar-refractivity contribution in [2.75, 3.05) is 14.2 Å². The first kappa shape index (κ1) is 19.4. The summed E-state index contributed by atoms with van der Waals surface area (Å²) in [5.74, 6) is -0.520. The van der Waals surface area contributed by atoms with Gasteiger partial charge in [0.1, 0.15) is 23.4 Å². The van der Waals surface area contributed by atoms with Gasteiger partial charge in [-0.15, -0.1) is 0 Å². The third kappa shape index (κ3) is 2.10. The second-order valence-corrected chi connectivity index (χ2v) is 9.40. The average molecular weight is 390 g/mol. The summed E-state index contributed by atoms with van der Waals surface area (Å²) < 4.78 is 17.5. The van der Waals surface area contributed by atoms with Crippen molar-refractivity contribution in [1.29, 1.82) is 0 Å². The number of hydrogen-bond donors (Lipinski definition) is 2. The lowest BCUT2D eigenvalue weighted by Crippen LogP contribution is -2.54. The van der Waals surface area contributed by atoms with E-state index in [1.165, 1.54) is 0 Å². The van der Waals surface area contributed by atoms with Crippen molar-refractivity contribution in [3.05, 3.63) is 16.7 Å². The number of fused-ring (bicyclic) bond motifs is 1. The molecule has 154 valence electrons. The molecule has 1 aromatic carbocycles. The summed E-state index contributed by atoms with van der Waals surface area (Å²) in [7, 11) is 3.13. The summed E-state index contributed by atoms with van der Waals surface area (Å²) in [6.07, 6.45) is 1.38. The largest absolute Gasteiger partial charge is 0.504 e. The number of ether oxygens (including phenoxy) is 3. The number of carbonyl (C=O) groups is 1. The predicted octanol–water partition coefficient (Wildman–Crippen LogP) is 3.92. The zero-order valence-electron chi connectivity index (χ0n) is 17.5. The summed E-state index contributed by atoms with van der Waals surface area (Å²) in [6.45, 7) is 8.15. The highest BCUT2D eigenvalue weighted by molar-refractivity contribution is 5.91. The molecule has 0 unspecified atom stereocenters. The van der Waals surface area contributed by atoms with E-state index in [0.717, 1.165) is 12.8 Å². The van der Waals surface area contributed by atoms with Crippen molar-refractivity contribution in [2.24, 2.45) is 11.3 Å². The molecule has 4 rings (SSSR count). The molecule has 0 spiro atoms. The smallest absolute Gasteiger partial charge is 0.317 e. The van der Waals surface area contributed by atoms with Crippen LogP contribution in [0.4, 0.5) is 0 Å². The van der Waals surface area contributed by atoms with Gasteiger partial charge in [-0.05, 0) is 24.2 Å². The number of rotatable bonds is 3. The highest BCUT2D eigenvalue weighted by atomic mass is 16.6. The second kappa shape index (κ2) is 6.02. The molecule has 0 radical (unpaired) electrons. The molecule has 1 aromatic rings. The van der Waals surface area contributed by atoms with Gasteiger partial charge in [0.15, 0.2) is 11.5 Å². The van der Waals surface area contributed by atoms with Crippen LogP contribution in [0, 0.1) is 11.3 Å². The van der Waals surface area contributed by atoms with Crippen molar-refractivity contribution in [2.45, 2.75) is 70.5 Å². The Morgan fingerprint density at radius 2 is 1.82 bits per heavy atom. The van der Waals surface area contributed by atoms with E-state index in [2.05, 4.69) is 13.8 Å². The van der Waals surface area contributed by atoms with Crippen LogP contribution in [0.3, 0.4) is 0 Å². The van der Waals surface area contributed by atoms with E-state index >= 15 is 0 Å². The van der Waals surface area contributed by atoms with Crippen molar-refractivity contribution >= 4 is 5.97 Å². The number of carbonyl (C=O) groups excluding carboxylic acids is 1. The van der Waals surface area contributed by atoms with Crippen LogP contribution < -0.4 is 4.74 Å². The molecule has 0 amide bonds. The maximum Gasteiger partial charge on any atom is 0.317 e. The molecular weight excluding hydrogens is 360 g/mol. The minimum Gasteiger partial charge on any atom is -0.504 e. The van der Waals surface area contributed by atoms with E-state index in [9.17, 15) is 15.0 Å². The van der Waals surface area contributed by atoms with Crippen LogP contribution in [0.5, 0.6) is 17.2 Å². The average Bonchev–Trinajstić information content (AvgIpc) is 2.87. The normalized spacial score (nSPS) is 32.7. The van der Waals surface area contributed by atoms with Crippen LogP contribution in [-0.4, -0.2) is 36.5 Å². The predicted molar refractivity (Wildman–Crippen MR) is 103 cm³/mol. The van der Waals surface area contributed by atoms with Gasteiger partial charge in [0.25, 0.3) is 0 Å². The summed E-state index contributed by atoms with van der Waals surface area (Å²) in [5, 5.41) is 22.1. The van der Waals surface area contributed by atoms with E-state index in [0.29, 0.717) is 28.9 Å². The van der Waals surface area contributed by atoms with Crippen LogP contribution in [0.15, 0.2) is 0 Å². The van der Waals surface area contributed by atoms with Crippen molar-refractivity contribution < 1.29 is 29.2 Å². The van der Waals surface area contributed by atoms with Crippen molar-refractivity contribution in [3.63, 3.8) is 0 Å². The first-order valence-electron chi connectivity index (χ1n) is 10.0. The van der Waals surface area contributed by atoms with E-state index in [1.54, 1.807) is 14.2 Å². The van der Waals surface area contributed by atoms with Gasteiger partial charge in [0, 0.05) is 29.7 Å². The Morgan fingerprint density at radius 3 is 2.39 bits per heavy atom. The van der Waals surface area contributed by atoms with E-state index in [1.807, 2.05) is 13.8 Å². The first-order valence-corrected chi connectivity index (χ1v) is 10.0. The summed E-state index contributed by atoms with van der Waals surface area (Å²) in [6, 6.07) is 0. The number of phenols is 2. The number of phenolic OH excluding ortho intramolecular Hbond substituents is 2. The molecule has 4 atom stereocenters. The van der Waals surface area contributed by atoms with E-state index in [-0.39, 0.29) is 34.7 Å². The highest BCUT2D eigenvalue weighted by Crippen LogP contribution is 2.68. The summed E-state index contributed by atoms with van der Waals surface area (Å²) in [5.41, 5.74) is 0.456. The summed E-state index contributed by atoms with van der Waals surface area (Å²) >= 11 is 0. The SMILES string of the molecule is COc1c(C(C)C)c(O)c(O)c2c1[C@@H](OC)[C@H]1OC(=O)[C@@]23CCCC(C)(C)[C@@H]13. The van der Waals surface area contributed by atoms with E-state index in [4.69, 9.17) is 14.2 Å². The lowest BCUT2D eigenvalue weighted by atomic mass is 9.49. The Labute approximate surface area is 165 Å². The number of esters is 1. The molecule has 6 nitrogen and oxygen atoms in total. The molecule has 0 aromatic heterocycles. The topological polar surface area (TPSA) is 85.2 Å². The number of hydrogen-bond acceptors (Lipinski definition) is 6. The number of aromatic hydroxyl groups is 2. The molecule has 1 saturated heterocycles. The molecule has 3 aliphatic rings. The lowest BCUT2D eigenvalue weighted by molar-refractivity contribution is -0.149. The lowest BCUT2D eigenvalue weighted by Gasteiger charge is -2.52. The first-order chi connectivity index (χ1) is 13.1. The molecule has 1 aliphatic heterocycles. The standard InChI is InChI=1S/C22H30O6/c1-10(2)11-14(23)15(24)13-12(16(11)26-5)17(27-6)18-19-21(3,4)8-7-9-22(13,19)20(25)28-18/h10,17-19,23-24H,7-9H2,1-6H3/t17-,18-,19-,22+/m1/s1. The minimum absolute atomic E-state index is 0.0871. The zero-order chi connectivity index (χ0) is 20.6. The molecule has 2 N–H and O–H groups in total. The maximum atomic E-state index is 13.3. The molecular formula is C22H30O6. The highest BCUT2D eigenvalue weighted by Gasteiger charge is 2.71. The Bertz CT molecular complexity index is 842. The molecule has 1 heterocycles. The van der Waals surface area contributed by atoms with Gasteiger partial charge in [0.2, 0.25) is 0 Å². The Hall–Kier alpha value is -1.95. The van der Waals surface area contributed by atoms with Crippen LogP contribution >= 0.6 is 0 Å². The fraction of sp³-hybridized carbons (Fsp3) is 0.682. The maximum absolute atomic E-state index is 13.3. The van der Waals surface area contributed by atoms with Gasteiger partial charge >= 0.3 is 5.97 Å². The van der Waals surface area contributed by atoms with Gasteiger partial charge in [-0.3, -0.25) is 4.79 Å². The van der Waals surface area contributed by atoms with Gasteiger partial charge < -0.3 is 24.4 Å². The Kier molecular flexibility index (Phi) is 4.17. The van der Waals surface area contributed by atoms with Crippen LogP contribution in [0.25, 0.3) is 0 Å². The van der Waals surface area contributed by atoms with E-state index < -0.39 is 17.6 Å². The third-order valence-electron chi connectivity index (χ3n) is 7.24. The monoisotopic (exact) mass is 390 g/mol. The van der Waals surface area contributed by atoms with Gasteiger partial charge in [-0.1, -0.05) is 34.1 Å². The second-order valence-electron chi connectivity index (χ2n) is 9.40. The molecule has 2 bridgehead atoms. The molecule has 2 aliphatic carbocycles. The van der Waals surface area contributed by atoms with Gasteiger partial charge in [0.05, 0.1) is 7.11 Å². The van der Waals surface area contributed by atoms with Crippen LogP contribution in [-0.2, 0) is 19.7 Å². The Balaban J connectivity index is 2.15. The Morgan fingerprint density at radius 1 is 1.14 bits per heavy atom. The molecule has 28 heavy (non-hydrogen) atoms.